The Labute approximate surface area is 375 Å². The minimum absolute atomic E-state index is 0.181. The van der Waals surface area contributed by atoms with Gasteiger partial charge in [0.15, 0.2) is 17.5 Å². The Morgan fingerprint density at radius 3 is 1.70 bits per heavy atom. The van der Waals surface area contributed by atoms with Crippen molar-refractivity contribution in [3.05, 3.63) is 187 Å². The maximum Gasteiger partial charge on any atom is 0.165 e. The number of hydrogen-bond acceptors (Lipinski definition) is 5. The van der Waals surface area contributed by atoms with Gasteiger partial charge in [0.05, 0.1) is 42.5 Å². The average molecular weight is 781 g/mol. The van der Waals surface area contributed by atoms with Gasteiger partial charge >= 0.3 is 0 Å². The smallest absolute Gasteiger partial charge is 0.165 e. The molecule has 0 aliphatic carbocycles. The zero-order chi connectivity index (χ0) is 64.0. The van der Waals surface area contributed by atoms with Crippen LogP contribution in [0.25, 0.3) is 108 Å². The molecule has 56 heavy (non-hydrogen) atoms. The van der Waals surface area contributed by atoms with Gasteiger partial charge in [-0.1, -0.05) is 151 Å². The summed E-state index contributed by atoms with van der Waals surface area (Å²) < 4.78 is 275. The first kappa shape index (κ1) is 14.1. The van der Waals surface area contributed by atoms with Crippen LogP contribution in [0, 0.1) is 0 Å². The predicted octanol–water partition coefficient (Wildman–Crippen LogP) is 14.6. The van der Waals surface area contributed by atoms with Crippen molar-refractivity contribution in [2.24, 2.45) is 0 Å². The van der Waals surface area contributed by atoms with E-state index in [-0.39, 0.29) is 29.6 Å². The summed E-state index contributed by atoms with van der Waals surface area (Å²) in [5.74, 6) is -2.52. The molecule has 3 nitrogen and oxygen atoms in total. The van der Waals surface area contributed by atoms with Crippen molar-refractivity contribution < 1.29 is 42.5 Å². The van der Waals surface area contributed by atoms with Crippen molar-refractivity contribution in [1.82, 2.24) is 15.0 Å². The minimum atomic E-state index is -1.01. The van der Waals surface area contributed by atoms with Gasteiger partial charge in [0.25, 0.3) is 0 Å². The molecule has 0 bridgehead atoms. The van der Waals surface area contributed by atoms with Crippen molar-refractivity contribution in [3.8, 4) is 67.5 Å². The number of aromatic nitrogens is 3. The molecule has 0 saturated heterocycles. The van der Waals surface area contributed by atoms with Crippen molar-refractivity contribution in [3.63, 3.8) is 0 Å². The van der Waals surface area contributed by atoms with Gasteiger partial charge in [0, 0.05) is 57.0 Å². The van der Waals surface area contributed by atoms with Crippen LogP contribution < -0.4 is 0 Å². The van der Waals surface area contributed by atoms with E-state index in [0.717, 1.165) is 0 Å². The molecule has 0 aliphatic heterocycles. The van der Waals surface area contributed by atoms with E-state index in [1.165, 1.54) is 0 Å². The summed E-state index contributed by atoms with van der Waals surface area (Å²) in [5.41, 5.74) is -6.23. The molecule has 0 radical (unpaired) electrons. The average Bonchev–Trinajstić information content (AvgIpc) is 1.65. The van der Waals surface area contributed by atoms with E-state index in [0.29, 0.717) is 22.7 Å². The number of nitrogens with zero attached hydrogens (tertiary/aromatic N) is 3. The second-order valence-electron chi connectivity index (χ2n) is 11.6. The molecule has 3 aromatic heterocycles. The monoisotopic (exact) mass is 780 g/mol. The molecule has 3 heterocycles. The van der Waals surface area contributed by atoms with Crippen LogP contribution in [0.1, 0.15) is 42.5 Å². The first-order chi connectivity index (χ1) is 40.6. The fourth-order valence-electron chi connectivity index (χ4n) is 5.89. The normalized spacial score (nSPS) is 19.3. The molecule has 0 aliphatic rings. The van der Waals surface area contributed by atoms with Crippen molar-refractivity contribution >= 4 is 63.0 Å². The lowest BCUT2D eigenvalue weighted by molar-refractivity contribution is 1.08. The van der Waals surface area contributed by atoms with Gasteiger partial charge < -0.3 is 0 Å². The Kier molecular flexibility index (Phi) is 3.39. The van der Waals surface area contributed by atoms with Gasteiger partial charge in [-0.2, -0.15) is 0 Å². The van der Waals surface area contributed by atoms with E-state index in [1.807, 2.05) is 0 Å². The molecule has 0 amide bonds. The maximum absolute atomic E-state index is 10.0. The zero-order valence-electron chi connectivity index (χ0n) is 58.7. The summed E-state index contributed by atoms with van der Waals surface area (Å²) in [6, 6.07) is -26.8. The number of benzene rings is 8. The van der Waals surface area contributed by atoms with E-state index in [4.69, 9.17) is 31.5 Å². The topological polar surface area (TPSA) is 38.7 Å². The Morgan fingerprint density at radius 2 is 0.911 bits per heavy atom. The largest absolute Gasteiger partial charge is 0.208 e. The fourth-order valence-corrected chi connectivity index (χ4v) is 8.03. The third-order valence-electron chi connectivity index (χ3n) is 8.32. The van der Waals surface area contributed by atoms with E-state index in [9.17, 15) is 11.0 Å². The molecule has 0 N–H and O–H groups in total. The third kappa shape index (κ3) is 5.68. The minimum Gasteiger partial charge on any atom is -0.208 e. The number of rotatable bonds is 6. The van der Waals surface area contributed by atoms with Crippen LogP contribution in [-0.4, -0.2) is 15.0 Å². The predicted molar refractivity (Wildman–Crippen MR) is 238 cm³/mol. The summed E-state index contributed by atoms with van der Waals surface area (Å²) in [6.07, 6.45) is 0. The highest BCUT2D eigenvalue weighted by Crippen LogP contribution is 2.46. The first-order valence-electron chi connectivity index (χ1n) is 31.7. The fraction of sp³-hybridized carbons (Fsp3) is 0. The molecular formula is C51H31N3S2. The molecular weight excluding hydrogens is 719 g/mol. The lowest BCUT2D eigenvalue weighted by Crippen LogP contribution is -2.00. The van der Waals surface area contributed by atoms with Crippen LogP contribution in [0.4, 0.5) is 0 Å². The standard InChI is InChI=1S/C51H31N3S2/c1-4-14-32(15-5-1)35-20-12-21-37(28-35)50-52-49(34-18-8-3-9-19-34)53-51(54-50)42-24-13-23-40-39-27-26-36(30-45(39)56-48(40)42)43-29-38(33-16-6-2-7-17-33)31-46-47(43)41-22-10-11-25-44(41)55-46/h1-31H/i1D,2D,3D,4D,5D,6D,7D,8D,9D,10D,11D,12D,13D,14D,15D,16D,17D,18D,19D,20D,21D,22D,23D,24D,25D,26D,27D,28D,29D,30D,31D. The van der Waals surface area contributed by atoms with E-state index in [1.54, 1.807) is 0 Å². The number of fused-ring (bicyclic) bond motifs is 6. The van der Waals surface area contributed by atoms with Gasteiger partial charge in [0.1, 0.15) is 0 Å². The van der Waals surface area contributed by atoms with Gasteiger partial charge in [-0.15, -0.1) is 22.7 Å². The summed E-state index contributed by atoms with van der Waals surface area (Å²) in [5, 5.41) is -1.45. The molecule has 0 saturated carbocycles. The quantitative estimate of drug-likeness (QED) is 0.169. The van der Waals surface area contributed by atoms with Crippen LogP contribution in [0.2, 0.25) is 0 Å². The van der Waals surface area contributed by atoms with Crippen LogP contribution in [0.3, 0.4) is 0 Å². The highest BCUT2D eigenvalue weighted by molar-refractivity contribution is 7.26. The molecule has 8 aromatic carbocycles. The molecule has 11 aromatic rings. The summed E-state index contributed by atoms with van der Waals surface area (Å²) in [4.78, 5) is 13.3. The molecule has 0 unspecified atom stereocenters. The second kappa shape index (κ2) is 13.5. The highest BCUT2D eigenvalue weighted by atomic mass is 32.1. The Hall–Kier alpha value is -6.79. The van der Waals surface area contributed by atoms with Crippen molar-refractivity contribution in [2.75, 3.05) is 0 Å². The Balaban J connectivity index is 1.30. The van der Waals surface area contributed by atoms with Gasteiger partial charge in [0.2, 0.25) is 0 Å². The lowest BCUT2D eigenvalue weighted by Gasteiger charge is -2.10. The van der Waals surface area contributed by atoms with E-state index < -0.39 is 266 Å². The van der Waals surface area contributed by atoms with Crippen LogP contribution in [0.15, 0.2) is 187 Å². The Bertz CT molecular complexity index is 4990. The number of hydrogen-bond donors (Lipinski definition) is 0. The van der Waals surface area contributed by atoms with Crippen molar-refractivity contribution in [2.45, 2.75) is 0 Å². The van der Waals surface area contributed by atoms with E-state index >= 15 is 0 Å². The number of thiophene rings is 2. The first-order valence-corrected chi connectivity index (χ1v) is 17.8. The lowest BCUT2D eigenvalue weighted by atomic mass is 9.94. The summed E-state index contributed by atoms with van der Waals surface area (Å²) in [7, 11) is 0. The molecule has 0 fully saturated rings. The summed E-state index contributed by atoms with van der Waals surface area (Å²) in [6.45, 7) is 0. The van der Waals surface area contributed by atoms with Crippen LogP contribution >= 0.6 is 22.7 Å². The second-order valence-corrected chi connectivity index (χ2v) is 13.6. The van der Waals surface area contributed by atoms with Gasteiger partial charge in [-0.3, -0.25) is 0 Å². The SMILES string of the molecule is [2H]c1c([2H])c([2H])c(-c2nc(-c3c([2H])c([2H])c([2H])c(-c4c([2H])c([2H])c([2H])c([2H])c4[2H])c3[2H])nc(-c3c([2H])c([2H])c([2H])c4c3sc3c([2H])c(-c5c([2H])c(-c6c([2H])c([2H])c([2H])c([2H])c6[2H])c([2H])c6sc7c([2H])c([2H])c([2H])c([2H])c7c56)c([2H])c([2H])c34)n2)c([2H])c1[2H]. The molecule has 262 valence electrons. The van der Waals surface area contributed by atoms with Gasteiger partial charge in [-0.05, 0) is 69.6 Å². The molecule has 11 rings (SSSR count). The zero-order valence-corrected chi connectivity index (χ0v) is 29.3. The van der Waals surface area contributed by atoms with Crippen LogP contribution in [0.5, 0.6) is 0 Å². The van der Waals surface area contributed by atoms with Crippen molar-refractivity contribution in [1.29, 1.82) is 0 Å². The van der Waals surface area contributed by atoms with Crippen LogP contribution in [-0.2, 0) is 0 Å². The molecule has 0 spiro atoms. The molecule has 0 atom stereocenters. The third-order valence-corrected chi connectivity index (χ3v) is 10.5. The Morgan fingerprint density at radius 1 is 0.321 bits per heavy atom. The van der Waals surface area contributed by atoms with E-state index in [2.05, 4.69) is 15.0 Å². The maximum atomic E-state index is 10.0. The summed E-state index contributed by atoms with van der Waals surface area (Å²) >= 11 is 1.13. The highest BCUT2D eigenvalue weighted by Gasteiger charge is 2.19. The van der Waals surface area contributed by atoms with Gasteiger partial charge in [-0.25, -0.2) is 15.0 Å². The molecule has 5 heteroatoms.